The van der Waals surface area contributed by atoms with Gasteiger partial charge in [0.15, 0.2) is 0 Å². The molecule has 1 fully saturated rings. The molecule has 1 aliphatic carbocycles. The van der Waals surface area contributed by atoms with Crippen molar-refractivity contribution in [3.05, 3.63) is 34.9 Å². The van der Waals surface area contributed by atoms with Crippen LogP contribution in [0.5, 0.6) is 0 Å². The monoisotopic (exact) mass is 285 g/mol. The van der Waals surface area contributed by atoms with Crippen LogP contribution in [0, 0.1) is 0 Å². The summed E-state index contributed by atoms with van der Waals surface area (Å²) in [7, 11) is 0. The normalized spacial score (nSPS) is 19.7. The molecule has 1 aliphatic heterocycles. The molecule has 1 aromatic carbocycles. The zero-order valence-electron chi connectivity index (χ0n) is 13.2. The Morgan fingerprint density at radius 2 is 1.95 bits per heavy atom. The summed E-state index contributed by atoms with van der Waals surface area (Å²) in [5.74, 6) is 0.306. The Hall–Kier alpha value is -1.15. The van der Waals surface area contributed by atoms with Crippen molar-refractivity contribution in [2.24, 2.45) is 0 Å². The Morgan fingerprint density at radius 3 is 2.62 bits per heavy atom. The SMILES string of the molecule is CC(=O)CCCc1ccc2c(c1)CCN(C1CCC1)CC2. The minimum Gasteiger partial charge on any atom is -0.300 e. The zero-order valence-corrected chi connectivity index (χ0v) is 13.2. The molecule has 0 bridgehead atoms. The van der Waals surface area contributed by atoms with Crippen LogP contribution < -0.4 is 0 Å². The Kier molecular flexibility index (Phi) is 4.74. The van der Waals surface area contributed by atoms with Gasteiger partial charge in [-0.25, -0.2) is 0 Å². The molecule has 0 amide bonds. The van der Waals surface area contributed by atoms with Gasteiger partial charge in [-0.3, -0.25) is 4.90 Å². The van der Waals surface area contributed by atoms with E-state index >= 15 is 0 Å². The summed E-state index contributed by atoms with van der Waals surface area (Å²) in [5, 5.41) is 0. The van der Waals surface area contributed by atoms with Crippen molar-refractivity contribution in [1.29, 1.82) is 0 Å². The number of hydrogen-bond acceptors (Lipinski definition) is 2. The van der Waals surface area contributed by atoms with Gasteiger partial charge in [0.25, 0.3) is 0 Å². The van der Waals surface area contributed by atoms with Gasteiger partial charge in [0.1, 0.15) is 5.78 Å². The number of rotatable bonds is 5. The van der Waals surface area contributed by atoms with Crippen LogP contribution in [0.15, 0.2) is 18.2 Å². The molecule has 0 unspecified atom stereocenters. The number of benzene rings is 1. The van der Waals surface area contributed by atoms with Crippen LogP contribution >= 0.6 is 0 Å². The summed E-state index contributed by atoms with van der Waals surface area (Å²) in [4.78, 5) is 13.7. The highest BCUT2D eigenvalue weighted by atomic mass is 16.1. The van der Waals surface area contributed by atoms with Crippen molar-refractivity contribution in [2.45, 2.75) is 64.3 Å². The number of aryl methyl sites for hydroxylation is 1. The van der Waals surface area contributed by atoms with Gasteiger partial charge in [-0.2, -0.15) is 0 Å². The Morgan fingerprint density at radius 1 is 1.19 bits per heavy atom. The number of Topliss-reactive ketones (excluding diaryl/α,β-unsaturated/α-hetero) is 1. The van der Waals surface area contributed by atoms with E-state index in [4.69, 9.17) is 0 Å². The molecule has 3 rings (SSSR count). The molecule has 2 heteroatoms. The van der Waals surface area contributed by atoms with E-state index in [0.717, 1.165) is 18.9 Å². The van der Waals surface area contributed by atoms with E-state index in [-0.39, 0.29) is 0 Å². The molecular weight excluding hydrogens is 258 g/mol. The number of fused-ring (bicyclic) bond motifs is 1. The third kappa shape index (κ3) is 3.74. The topological polar surface area (TPSA) is 20.3 Å². The Labute approximate surface area is 128 Å². The largest absolute Gasteiger partial charge is 0.300 e. The molecule has 114 valence electrons. The van der Waals surface area contributed by atoms with Crippen molar-refractivity contribution < 1.29 is 4.79 Å². The fraction of sp³-hybridized carbons (Fsp3) is 0.632. The highest BCUT2D eigenvalue weighted by molar-refractivity contribution is 5.75. The average molecular weight is 285 g/mol. The highest BCUT2D eigenvalue weighted by Crippen LogP contribution is 2.27. The summed E-state index contributed by atoms with van der Waals surface area (Å²) in [6, 6.07) is 7.88. The van der Waals surface area contributed by atoms with Gasteiger partial charge in [0.2, 0.25) is 0 Å². The second kappa shape index (κ2) is 6.74. The first kappa shape index (κ1) is 14.8. The van der Waals surface area contributed by atoms with Crippen LogP contribution in [-0.2, 0) is 24.1 Å². The molecule has 2 nitrogen and oxygen atoms in total. The van der Waals surface area contributed by atoms with Gasteiger partial charge < -0.3 is 4.79 Å². The third-order valence-electron chi connectivity index (χ3n) is 5.19. The van der Waals surface area contributed by atoms with Crippen molar-refractivity contribution in [1.82, 2.24) is 4.90 Å². The lowest BCUT2D eigenvalue weighted by Gasteiger charge is -2.36. The molecule has 0 saturated heterocycles. The third-order valence-corrected chi connectivity index (χ3v) is 5.19. The maximum Gasteiger partial charge on any atom is 0.129 e. The fourth-order valence-corrected chi connectivity index (χ4v) is 3.61. The molecular formula is C19H27NO. The van der Waals surface area contributed by atoms with Crippen molar-refractivity contribution in [2.75, 3.05) is 13.1 Å². The molecule has 0 radical (unpaired) electrons. The van der Waals surface area contributed by atoms with Gasteiger partial charge in [0, 0.05) is 25.6 Å². The summed E-state index contributed by atoms with van der Waals surface area (Å²) in [6.45, 7) is 4.15. The lowest BCUT2D eigenvalue weighted by Crippen LogP contribution is -2.41. The second-order valence-corrected chi connectivity index (χ2v) is 6.78. The van der Waals surface area contributed by atoms with E-state index in [2.05, 4.69) is 23.1 Å². The molecule has 0 atom stereocenters. The lowest BCUT2D eigenvalue weighted by atomic mass is 9.91. The fourth-order valence-electron chi connectivity index (χ4n) is 3.61. The Balaban J connectivity index is 1.60. The molecule has 0 aromatic heterocycles. The Bertz CT molecular complexity index is 504. The number of carbonyl (C=O) groups is 1. The molecule has 21 heavy (non-hydrogen) atoms. The molecule has 1 aromatic rings. The van der Waals surface area contributed by atoms with Crippen molar-refractivity contribution >= 4 is 5.78 Å². The van der Waals surface area contributed by atoms with E-state index in [1.165, 1.54) is 50.8 Å². The highest BCUT2D eigenvalue weighted by Gasteiger charge is 2.26. The van der Waals surface area contributed by atoms with Gasteiger partial charge in [-0.05, 0) is 62.1 Å². The first-order chi connectivity index (χ1) is 10.2. The van der Waals surface area contributed by atoms with E-state index in [1.807, 2.05) is 0 Å². The van der Waals surface area contributed by atoms with Gasteiger partial charge in [0.05, 0.1) is 0 Å². The standard InChI is InChI=1S/C19H27NO/c1-15(21)4-2-5-16-8-9-17-10-12-20(19-6-3-7-19)13-11-18(17)14-16/h8-9,14,19H,2-7,10-13H2,1H3. The maximum atomic E-state index is 11.0. The van der Waals surface area contributed by atoms with Crippen LogP contribution in [0.2, 0.25) is 0 Å². The van der Waals surface area contributed by atoms with Crippen LogP contribution in [0.4, 0.5) is 0 Å². The van der Waals surface area contributed by atoms with Gasteiger partial charge in [-0.15, -0.1) is 0 Å². The van der Waals surface area contributed by atoms with E-state index < -0.39 is 0 Å². The van der Waals surface area contributed by atoms with Gasteiger partial charge >= 0.3 is 0 Å². The van der Waals surface area contributed by atoms with Crippen LogP contribution in [0.25, 0.3) is 0 Å². The van der Waals surface area contributed by atoms with Crippen LogP contribution in [-0.4, -0.2) is 29.8 Å². The summed E-state index contributed by atoms with van der Waals surface area (Å²) >= 11 is 0. The molecule has 0 N–H and O–H groups in total. The number of hydrogen-bond donors (Lipinski definition) is 0. The van der Waals surface area contributed by atoms with Crippen molar-refractivity contribution in [3.8, 4) is 0 Å². The minimum absolute atomic E-state index is 0.306. The zero-order chi connectivity index (χ0) is 14.7. The van der Waals surface area contributed by atoms with E-state index in [0.29, 0.717) is 12.2 Å². The number of carbonyl (C=O) groups excluding carboxylic acids is 1. The van der Waals surface area contributed by atoms with E-state index in [9.17, 15) is 4.79 Å². The lowest BCUT2D eigenvalue weighted by molar-refractivity contribution is -0.117. The van der Waals surface area contributed by atoms with Crippen LogP contribution in [0.3, 0.4) is 0 Å². The van der Waals surface area contributed by atoms with Crippen molar-refractivity contribution in [3.63, 3.8) is 0 Å². The molecule has 1 heterocycles. The summed E-state index contributed by atoms with van der Waals surface area (Å²) in [6.07, 6.45) is 9.40. The summed E-state index contributed by atoms with van der Waals surface area (Å²) < 4.78 is 0. The average Bonchev–Trinajstić information content (AvgIpc) is 2.59. The number of ketones is 1. The van der Waals surface area contributed by atoms with Crippen LogP contribution in [0.1, 0.15) is 55.7 Å². The quantitative estimate of drug-likeness (QED) is 0.824. The predicted octanol–water partition coefficient (Wildman–Crippen LogP) is 3.55. The first-order valence-corrected chi connectivity index (χ1v) is 8.56. The van der Waals surface area contributed by atoms with Gasteiger partial charge in [-0.1, -0.05) is 24.6 Å². The minimum atomic E-state index is 0.306. The maximum absolute atomic E-state index is 11.0. The molecule has 2 aliphatic rings. The van der Waals surface area contributed by atoms with E-state index in [1.54, 1.807) is 18.1 Å². The summed E-state index contributed by atoms with van der Waals surface area (Å²) in [5.41, 5.74) is 4.51. The molecule has 0 spiro atoms. The second-order valence-electron chi connectivity index (χ2n) is 6.78. The number of nitrogens with zero attached hydrogens (tertiary/aromatic N) is 1. The smallest absolute Gasteiger partial charge is 0.129 e. The molecule has 1 saturated carbocycles. The predicted molar refractivity (Wildman–Crippen MR) is 86.7 cm³/mol. The first-order valence-electron chi connectivity index (χ1n) is 8.56.